The molecule has 0 fully saturated rings. The monoisotopic (exact) mass is 456 g/mol. The molecule has 0 aromatic carbocycles. The van der Waals surface area contributed by atoms with Crippen LogP contribution in [0.15, 0.2) is 0 Å². The minimum absolute atomic E-state index is 0. The van der Waals surface area contributed by atoms with Gasteiger partial charge in [0.05, 0.1) is 17.9 Å². The number of carbonyl (C=O) groups excluding carboxylic acids is 9. The molecule has 0 spiro atoms. The second kappa shape index (κ2) is 16.7. The van der Waals surface area contributed by atoms with Crippen molar-refractivity contribution < 1.29 is 58.5 Å². The summed E-state index contributed by atoms with van der Waals surface area (Å²) < 4.78 is 0. The van der Waals surface area contributed by atoms with Gasteiger partial charge in [-0.25, -0.2) is 0 Å². The molecule has 0 radical (unpaired) electrons. The number of Topliss-reactive ketones (excluding diaryl/α,β-unsaturated/α-hetero) is 6. The SMILES string of the molecule is CC(=O)C(C(C)=O)C(=O)[O-].CC(=O)C(C(C)=O)C(=O)[O-].CC(=O)C(C(C)=O)C(=O)[O-].[Al+3]. The summed E-state index contributed by atoms with van der Waals surface area (Å²) >= 11 is 0. The average Bonchev–Trinajstić information content (AvgIpc) is 2.43. The number of hydrogen-bond donors (Lipinski definition) is 0. The predicted octanol–water partition coefficient (Wildman–Crippen LogP) is -4.79. The summed E-state index contributed by atoms with van der Waals surface area (Å²) in [4.78, 5) is 92.4. The van der Waals surface area contributed by atoms with E-state index >= 15 is 0 Å². The summed E-state index contributed by atoms with van der Waals surface area (Å²) in [7, 11) is 0. The van der Waals surface area contributed by atoms with E-state index in [1.165, 1.54) is 0 Å². The Morgan fingerprint density at radius 2 is 0.484 bits per heavy atom. The molecule has 0 aromatic rings. The molecule has 168 valence electrons. The fraction of sp³-hybridized carbons (Fsp3) is 0.500. The number of rotatable bonds is 9. The molecule has 0 rings (SSSR count). The van der Waals surface area contributed by atoms with E-state index in [0.29, 0.717) is 0 Å². The molecule has 0 aliphatic heterocycles. The smallest absolute Gasteiger partial charge is 0.549 e. The van der Waals surface area contributed by atoms with Crippen molar-refractivity contribution in [3.8, 4) is 0 Å². The summed E-state index contributed by atoms with van der Waals surface area (Å²) in [5, 5.41) is 30.1. The molecule has 31 heavy (non-hydrogen) atoms. The van der Waals surface area contributed by atoms with Gasteiger partial charge < -0.3 is 29.7 Å². The van der Waals surface area contributed by atoms with Crippen LogP contribution in [0.1, 0.15) is 41.5 Å². The Morgan fingerprint density at radius 3 is 0.484 bits per heavy atom. The van der Waals surface area contributed by atoms with Crippen LogP contribution >= 0.6 is 0 Å². The van der Waals surface area contributed by atoms with Crippen molar-refractivity contribution in [1.82, 2.24) is 0 Å². The van der Waals surface area contributed by atoms with Gasteiger partial charge in [0, 0.05) is 0 Å². The molecule has 0 atom stereocenters. The van der Waals surface area contributed by atoms with E-state index in [1.54, 1.807) is 0 Å². The Labute approximate surface area is 188 Å². The van der Waals surface area contributed by atoms with Gasteiger partial charge in [0.25, 0.3) is 0 Å². The van der Waals surface area contributed by atoms with Crippen LogP contribution in [0.3, 0.4) is 0 Å². The Bertz CT molecular complexity index is 553. The van der Waals surface area contributed by atoms with Crippen molar-refractivity contribution >= 4 is 70.0 Å². The van der Waals surface area contributed by atoms with Gasteiger partial charge in [0.1, 0.15) is 52.5 Å². The van der Waals surface area contributed by atoms with Gasteiger partial charge in [0.15, 0.2) is 0 Å². The van der Waals surface area contributed by atoms with Crippen LogP contribution in [-0.4, -0.2) is 70.0 Å². The first kappa shape index (κ1) is 35.4. The van der Waals surface area contributed by atoms with Gasteiger partial charge in [-0.2, -0.15) is 0 Å². The first-order chi connectivity index (χ1) is 13.4. The third kappa shape index (κ3) is 15.5. The van der Waals surface area contributed by atoms with Crippen molar-refractivity contribution in [2.75, 3.05) is 0 Å². The van der Waals surface area contributed by atoms with Gasteiger partial charge in [0.2, 0.25) is 0 Å². The van der Waals surface area contributed by atoms with Gasteiger partial charge in [-0.05, 0) is 41.5 Å². The Hall–Kier alpha value is -3.04. The van der Waals surface area contributed by atoms with Gasteiger partial charge in [-0.15, -0.1) is 0 Å². The summed E-state index contributed by atoms with van der Waals surface area (Å²) in [5.74, 6) is -13.8. The standard InChI is InChI=1S/3C6H8O4.Al/c3*1-3(7)5(4(2)8)6(9)10;/h3*5H,1-2H3,(H,9,10);/q;;;+3/p-3. The topological polar surface area (TPSA) is 223 Å². The van der Waals surface area contributed by atoms with Crippen LogP contribution < -0.4 is 15.3 Å². The third-order valence-electron chi connectivity index (χ3n) is 3.15. The third-order valence-corrected chi connectivity index (χ3v) is 3.15. The zero-order valence-corrected chi connectivity index (χ0v) is 18.9. The van der Waals surface area contributed by atoms with Crippen molar-refractivity contribution in [3.05, 3.63) is 0 Å². The second-order valence-corrected chi connectivity index (χ2v) is 5.92. The van der Waals surface area contributed by atoms with Crippen molar-refractivity contribution in [2.24, 2.45) is 17.8 Å². The predicted molar refractivity (Wildman–Crippen MR) is 95.3 cm³/mol. The quantitative estimate of drug-likeness (QED) is 0.235. The van der Waals surface area contributed by atoms with Gasteiger partial charge >= 0.3 is 17.4 Å². The van der Waals surface area contributed by atoms with E-state index in [2.05, 4.69) is 0 Å². The molecule has 13 heteroatoms. The summed E-state index contributed by atoms with van der Waals surface area (Å²) in [6.45, 7) is 6.26. The van der Waals surface area contributed by atoms with Crippen molar-refractivity contribution in [3.63, 3.8) is 0 Å². The minimum atomic E-state index is -1.62. The molecule has 12 nitrogen and oxygen atoms in total. The van der Waals surface area contributed by atoms with Crippen LogP contribution in [0.5, 0.6) is 0 Å². The average molecular weight is 456 g/mol. The first-order valence-corrected chi connectivity index (χ1v) is 8.05. The summed E-state index contributed by atoms with van der Waals surface area (Å²) in [5.41, 5.74) is 0. The molecule has 0 heterocycles. The van der Waals surface area contributed by atoms with E-state index in [0.717, 1.165) is 41.5 Å². The molecule has 0 aliphatic carbocycles. The molecule has 0 bridgehead atoms. The summed E-state index contributed by atoms with van der Waals surface area (Å²) in [6, 6.07) is 0. The molecular weight excluding hydrogens is 435 g/mol. The molecule has 0 N–H and O–H groups in total. The van der Waals surface area contributed by atoms with Crippen LogP contribution in [0, 0.1) is 17.8 Å². The van der Waals surface area contributed by atoms with Crippen molar-refractivity contribution in [2.45, 2.75) is 41.5 Å². The van der Waals surface area contributed by atoms with E-state index in [1.807, 2.05) is 0 Å². The molecular formula is C18H21AlO12. The Kier molecular flexibility index (Phi) is 19.1. The molecule has 0 saturated heterocycles. The number of carboxylic acid groups (broad SMARTS) is 3. The summed E-state index contributed by atoms with van der Waals surface area (Å²) in [6.07, 6.45) is 0. The fourth-order valence-corrected chi connectivity index (χ4v) is 1.85. The van der Waals surface area contributed by atoms with E-state index in [-0.39, 0.29) is 17.4 Å². The molecule has 0 aromatic heterocycles. The number of carbonyl (C=O) groups is 9. The van der Waals surface area contributed by atoms with E-state index < -0.39 is 70.4 Å². The van der Waals surface area contributed by atoms with Gasteiger partial charge in [-0.1, -0.05) is 0 Å². The molecule has 0 unspecified atom stereocenters. The van der Waals surface area contributed by atoms with E-state index in [9.17, 15) is 58.5 Å². The Balaban J connectivity index is -0.000000174. The maximum Gasteiger partial charge on any atom is 3.00 e. The zero-order chi connectivity index (χ0) is 24.9. The van der Waals surface area contributed by atoms with Crippen LogP contribution in [-0.2, 0) is 43.2 Å². The number of aliphatic carboxylic acids is 3. The number of carboxylic acids is 3. The minimum Gasteiger partial charge on any atom is -0.549 e. The van der Waals surface area contributed by atoms with Crippen LogP contribution in [0.4, 0.5) is 0 Å². The first-order valence-electron chi connectivity index (χ1n) is 8.05. The Morgan fingerprint density at radius 1 is 0.387 bits per heavy atom. The van der Waals surface area contributed by atoms with Crippen LogP contribution in [0.25, 0.3) is 0 Å². The van der Waals surface area contributed by atoms with Crippen molar-refractivity contribution in [1.29, 1.82) is 0 Å². The maximum atomic E-state index is 10.4. The van der Waals surface area contributed by atoms with E-state index in [4.69, 9.17) is 0 Å². The van der Waals surface area contributed by atoms with Crippen LogP contribution in [0.2, 0.25) is 0 Å². The number of hydrogen-bond acceptors (Lipinski definition) is 12. The fourth-order valence-electron chi connectivity index (χ4n) is 1.85. The molecule has 0 amide bonds. The second-order valence-electron chi connectivity index (χ2n) is 5.92. The largest absolute Gasteiger partial charge is 3.00 e. The van der Waals surface area contributed by atoms with Gasteiger partial charge in [-0.3, -0.25) is 28.8 Å². The maximum absolute atomic E-state index is 10.4. The molecule has 0 saturated carbocycles. The zero-order valence-electron chi connectivity index (χ0n) is 17.7. The normalized spacial score (nSPS) is 9.19. The molecule has 0 aliphatic rings. The number of ketones is 6.